The monoisotopic (exact) mass is 447 g/mol. The van der Waals surface area contributed by atoms with Crippen LogP contribution in [0.25, 0.3) is 0 Å². The number of carboxylic acid groups (broad SMARTS) is 1. The van der Waals surface area contributed by atoms with Crippen molar-refractivity contribution < 1.29 is 37.0 Å². The number of fused-ring (bicyclic) bond motifs is 1. The van der Waals surface area contributed by atoms with Crippen molar-refractivity contribution in [3.05, 3.63) is 40.2 Å². The number of halogens is 3. The maximum atomic E-state index is 12.3. The van der Waals surface area contributed by atoms with Gasteiger partial charge in [0.25, 0.3) is 0 Å². The van der Waals surface area contributed by atoms with E-state index in [9.17, 15) is 18.0 Å². The van der Waals surface area contributed by atoms with Crippen LogP contribution in [0, 0.1) is 6.92 Å². The maximum absolute atomic E-state index is 12.3. The Morgan fingerprint density at radius 2 is 2.10 bits per heavy atom. The Hall–Kier alpha value is -2.44. The molecule has 1 amide bonds. The first-order valence-corrected chi connectivity index (χ1v) is 9.88. The lowest BCUT2D eigenvalue weighted by Crippen LogP contribution is -2.53. The minimum absolute atomic E-state index is 0.0525. The molecule has 0 radical (unpaired) electrons. The number of aryl methyl sites for hydroxylation is 1. The predicted octanol–water partition coefficient (Wildman–Crippen LogP) is 2.29. The lowest BCUT2D eigenvalue weighted by atomic mass is 10.1. The Kier molecular flexibility index (Phi) is 6.78. The molecule has 8 nitrogen and oxygen atoms in total. The summed E-state index contributed by atoms with van der Waals surface area (Å²) in [6, 6.07) is 3.97. The molecule has 12 heteroatoms. The molecule has 164 valence electrons. The van der Waals surface area contributed by atoms with E-state index >= 15 is 0 Å². The number of rotatable bonds is 4. The molecule has 4 rings (SSSR count). The second kappa shape index (κ2) is 9.14. The summed E-state index contributed by atoms with van der Waals surface area (Å²) in [5, 5.41) is 10.2. The molecule has 2 aliphatic heterocycles. The van der Waals surface area contributed by atoms with E-state index in [0.717, 1.165) is 36.1 Å². The van der Waals surface area contributed by atoms with Crippen LogP contribution in [0.2, 0.25) is 0 Å². The van der Waals surface area contributed by atoms with Gasteiger partial charge in [0, 0.05) is 18.5 Å². The summed E-state index contributed by atoms with van der Waals surface area (Å²) in [6.45, 7) is 5.10. The minimum atomic E-state index is -5.08. The molecule has 2 aromatic rings. The zero-order chi connectivity index (χ0) is 21.9. The van der Waals surface area contributed by atoms with Crippen LogP contribution in [0.5, 0.6) is 0 Å². The van der Waals surface area contributed by atoms with Gasteiger partial charge in [-0.1, -0.05) is 0 Å². The summed E-state index contributed by atoms with van der Waals surface area (Å²) in [5.41, 5.74) is 0.964. The Labute approximate surface area is 173 Å². The summed E-state index contributed by atoms with van der Waals surface area (Å²) in [7, 11) is 0. The highest BCUT2D eigenvalue weighted by Gasteiger charge is 2.43. The molecule has 2 fully saturated rings. The summed E-state index contributed by atoms with van der Waals surface area (Å²) in [4.78, 5) is 29.9. The van der Waals surface area contributed by atoms with Crippen molar-refractivity contribution in [2.45, 2.75) is 38.3 Å². The number of carbonyl (C=O) groups is 2. The van der Waals surface area contributed by atoms with Crippen LogP contribution < -0.4 is 0 Å². The number of furan rings is 1. The van der Waals surface area contributed by atoms with Crippen molar-refractivity contribution in [3.63, 3.8) is 0 Å². The smallest absolute Gasteiger partial charge is 0.475 e. The lowest BCUT2D eigenvalue weighted by Gasteiger charge is -2.36. The van der Waals surface area contributed by atoms with Gasteiger partial charge < -0.3 is 19.2 Å². The topological polar surface area (TPSA) is 96.1 Å². The Bertz CT molecular complexity index is 871. The highest BCUT2D eigenvalue weighted by atomic mass is 32.1. The molecule has 0 aliphatic carbocycles. The number of carboxylic acids is 1. The SMILES string of the molecule is Cc1nc(CN2C(=O)CO[C@@H]3CN(Cc4ccco4)C[C@H]32)cs1.O=C(O)C(F)(F)F. The number of ether oxygens (including phenoxy) is 1. The number of aromatic nitrogens is 1. The molecule has 0 spiro atoms. The Morgan fingerprint density at radius 3 is 2.67 bits per heavy atom. The third kappa shape index (κ3) is 5.58. The Balaban J connectivity index is 0.000000318. The fourth-order valence-corrected chi connectivity index (χ4v) is 3.96. The van der Waals surface area contributed by atoms with Gasteiger partial charge in [-0.25, -0.2) is 9.78 Å². The molecule has 2 aliphatic rings. The number of likely N-dealkylation sites (tertiary alicyclic amines) is 1. The van der Waals surface area contributed by atoms with Crippen LogP contribution in [0.4, 0.5) is 13.2 Å². The first kappa shape index (κ1) is 22.2. The van der Waals surface area contributed by atoms with Gasteiger partial charge >= 0.3 is 12.1 Å². The van der Waals surface area contributed by atoms with Crippen LogP contribution >= 0.6 is 11.3 Å². The van der Waals surface area contributed by atoms with Gasteiger partial charge in [0.15, 0.2) is 0 Å². The molecule has 2 atom stereocenters. The maximum Gasteiger partial charge on any atom is 0.490 e. The number of thiazole rings is 1. The number of amides is 1. The molecule has 2 aromatic heterocycles. The quantitative estimate of drug-likeness (QED) is 0.768. The molecule has 1 N–H and O–H groups in total. The van der Waals surface area contributed by atoms with Crippen molar-refractivity contribution in [1.29, 1.82) is 0 Å². The van der Waals surface area contributed by atoms with Crippen LogP contribution in [0.3, 0.4) is 0 Å². The summed E-state index contributed by atoms with van der Waals surface area (Å²) < 4.78 is 42.9. The number of carbonyl (C=O) groups excluding carboxylic acids is 1. The average molecular weight is 447 g/mol. The molecule has 0 aromatic carbocycles. The number of hydrogen-bond acceptors (Lipinski definition) is 7. The predicted molar refractivity (Wildman–Crippen MR) is 98.6 cm³/mol. The second-order valence-electron chi connectivity index (χ2n) is 6.87. The van der Waals surface area contributed by atoms with Crippen molar-refractivity contribution in [3.8, 4) is 0 Å². The number of hydrogen-bond donors (Lipinski definition) is 1. The summed E-state index contributed by atoms with van der Waals surface area (Å²) in [6.07, 6.45) is -3.32. The van der Waals surface area contributed by atoms with Crippen LogP contribution in [0.15, 0.2) is 28.2 Å². The fourth-order valence-electron chi connectivity index (χ4n) is 3.35. The van der Waals surface area contributed by atoms with Gasteiger partial charge in [-0.2, -0.15) is 13.2 Å². The molecular formula is C18H20F3N3O5S. The molecule has 4 heterocycles. The number of alkyl halides is 3. The van der Waals surface area contributed by atoms with Gasteiger partial charge in [0.2, 0.25) is 5.91 Å². The van der Waals surface area contributed by atoms with Gasteiger partial charge in [-0.15, -0.1) is 11.3 Å². The average Bonchev–Trinajstić information content (AvgIpc) is 3.39. The standard InChI is InChI=1S/C16H19N3O3S.C2HF3O2/c1-11-17-12(10-23-11)5-19-14-7-18(6-13-3-2-4-21-13)8-15(14)22-9-16(19)20;3-2(4,5)1(6)7/h2-4,10,14-15H,5-9H2,1H3;(H,6,7)/t14-,15-;/m1./s1. The molecule has 30 heavy (non-hydrogen) atoms. The van der Waals surface area contributed by atoms with Gasteiger partial charge in [-0.3, -0.25) is 9.69 Å². The third-order valence-corrected chi connectivity index (χ3v) is 5.48. The third-order valence-electron chi connectivity index (χ3n) is 4.66. The van der Waals surface area contributed by atoms with E-state index < -0.39 is 12.1 Å². The van der Waals surface area contributed by atoms with E-state index in [1.165, 1.54) is 0 Å². The van der Waals surface area contributed by atoms with E-state index in [2.05, 4.69) is 9.88 Å². The van der Waals surface area contributed by atoms with Crippen molar-refractivity contribution in [2.75, 3.05) is 19.7 Å². The normalized spacial score (nSPS) is 21.9. The van der Waals surface area contributed by atoms with Crippen LogP contribution in [-0.2, 0) is 27.4 Å². The van der Waals surface area contributed by atoms with Crippen molar-refractivity contribution >= 4 is 23.2 Å². The number of morpholine rings is 1. The van der Waals surface area contributed by atoms with Crippen LogP contribution in [0.1, 0.15) is 16.5 Å². The summed E-state index contributed by atoms with van der Waals surface area (Å²) in [5.74, 6) is -1.76. The highest BCUT2D eigenvalue weighted by Crippen LogP contribution is 2.26. The van der Waals surface area contributed by atoms with E-state index in [1.54, 1.807) is 17.6 Å². The first-order valence-electron chi connectivity index (χ1n) is 9.00. The fraction of sp³-hybridized carbons (Fsp3) is 0.500. The minimum Gasteiger partial charge on any atom is -0.475 e. The number of aliphatic carboxylic acids is 1. The molecule has 0 unspecified atom stereocenters. The first-order chi connectivity index (χ1) is 14.1. The highest BCUT2D eigenvalue weighted by molar-refractivity contribution is 7.09. The van der Waals surface area contributed by atoms with E-state index in [-0.39, 0.29) is 24.7 Å². The second-order valence-corrected chi connectivity index (χ2v) is 7.93. The van der Waals surface area contributed by atoms with E-state index in [1.807, 2.05) is 29.3 Å². The molecule has 2 saturated heterocycles. The van der Waals surface area contributed by atoms with E-state index in [0.29, 0.717) is 6.54 Å². The molecule has 0 saturated carbocycles. The number of nitrogens with zero attached hydrogens (tertiary/aromatic N) is 3. The van der Waals surface area contributed by atoms with Crippen LogP contribution in [-0.4, -0.2) is 69.8 Å². The lowest BCUT2D eigenvalue weighted by molar-refractivity contribution is -0.192. The zero-order valence-electron chi connectivity index (χ0n) is 16.0. The van der Waals surface area contributed by atoms with Gasteiger partial charge in [-0.05, 0) is 19.1 Å². The Morgan fingerprint density at radius 1 is 1.37 bits per heavy atom. The van der Waals surface area contributed by atoms with Crippen molar-refractivity contribution in [1.82, 2.24) is 14.8 Å². The van der Waals surface area contributed by atoms with Gasteiger partial charge in [0.05, 0.1) is 42.2 Å². The van der Waals surface area contributed by atoms with E-state index in [4.69, 9.17) is 19.1 Å². The molecule has 0 bridgehead atoms. The zero-order valence-corrected chi connectivity index (χ0v) is 16.8. The van der Waals surface area contributed by atoms with Gasteiger partial charge in [0.1, 0.15) is 12.4 Å². The van der Waals surface area contributed by atoms with Crippen molar-refractivity contribution in [2.24, 2.45) is 0 Å². The largest absolute Gasteiger partial charge is 0.490 e. The molecular weight excluding hydrogens is 427 g/mol. The summed E-state index contributed by atoms with van der Waals surface area (Å²) >= 11 is 1.62.